The quantitative estimate of drug-likeness (QED) is 0.279. The van der Waals surface area contributed by atoms with Gasteiger partial charge in [0.05, 0.1) is 19.8 Å². The summed E-state index contributed by atoms with van der Waals surface area (Å²) in [5.41, 5.74) is 0. The summed E-state index contributed by atoms with van der Waals surface area (Å²) in [7, 11) is 1.85. The van der Waals surface area contributed by atoms with E-state index in [9.17, 15) is 14.4 Å². The molecule has 0 aromatic rings. The number of aldehydes is 1. The predicted octanol–water partition coefficient (Wildman–Crippen LogP) is -0.854. The predicted molar refractivity (Wildman–Crippen MR) is 86.2 cm³/mol. The summed E-state index contributed by atoms with van der Waals surface area (Å²) in [6, 6.07) is 0. The molecule has 0 bridgehead atoms. The number of amides is 1. The molecule has 0 heterocycles. The van der Waals surface area contributed by atoms with E-state index in [2.05, 4.69) is 10.6 Å². The number of rotatable bonds is 13. The summed E-state index contributed by atoms with van der Waals surface area (Å²) < 4.78 is 9.81. The van der Waals surface area contributed by atoms with Crippen molar-refractivity contribution in [2.45, 2.75) is 20.3 Å². The summed E-state index contributed by atoms with van der Waals surface area (Å²) >= 11 is 0. The minimum Gasteiger partial charge on any atom is -0.394 e. The number of Topliss-reactive ketones (excluding diaryl/α,β-unsaturated/α-hetero) is 1. The maximum atomic E-state index is 11.0. The Balaban J connectivity index is -0.000000354. The van der Waals surface area contributed by atoms with Gasteiger partial charge in [-0.25, -0.2) is 0 Å². The van der Waals surface area contributed by atoms with Gasteiger partial charge in [-0.2, -0.15) is 0 Å². The Bertz CT molecular complexity index is 316. The molecule has 0 fully saturated rings. The maximum absolute atomic E-state index is 11.0. The molecule has 0 aliphatic carbocycles. The fourth-order valence-electron chi connectivity index (χ4n) is 1.06. The van der Waals surface area contributed by atoms with Crippen molar-refractivity contribution >= 4 is 18.0 Å². The summed E-state index contributed by atoms with van der Waals surface area (Å²) in [4.78, 5) is 31.6. The molecule has 24 heavy (non-hydrogen) atoms. The SMILES string of the molecule is CNCCOCC(=O)C(C)C.O=CCCNC(=O)COCCO.[V]. The summed E-state index contributed by atoms with van der Waals surface area (Å²) in [5, 5.41) is 13.7. The Hall–Kier alpha value is -0.766. The molecule has 1 amide bonds. The second-order valence-electron chi connectivity index (χ2n) is 4.86. The van der Waals surface area contributed by atoms with Gasteiger partial charge in [0.1, 0.15) is 19.5 Å². The molecule has 0 aliphatic rings. The van der Waals surface area contributed by atoms with Gasteiger partial charge in [0.25, 0.3) is 0 Å². The summed E-state index contributed by atoms with van der Waals surface area (Å²) in [5.74, 6) is -0.0176. The van der Waals surface area contributed by atoms with Crippen LogP contribution in [0.1, 0.15) is 20.3 Å². The third-order valence-electron chi connectivity index (χ3n) is 2.44. The Morgan fingerprint density at radius 3 is 2.25 bits per heavy atom. The van der Waals surface area contributed by atoms with Crippen LogP contribution in [0.2, 0.25) is 0 Å². The molecule has 8 nitrogen and oxygen atoms in total. The minimum absolute atomic E-state index is 0. The molecule has 0 aromatic carbocycles. The van der Waals surface area contributed by atoms with Crippen molar-refractivity contribution in [3.63, 3.8) is 0 Å². The number of ether oxygens (including phenoxy) is 2. The van der Waals surface area contributed by atoms with Crippen molar-refractivity contribution in [1.82, 2.24) is 10.6 Å². The number of hydrogen-bond acceptors (Lipinski definition) is 7. The van der Waals surface area contributed by atoms with E-state index in [-0.39, 0.29) is 62.6 Å². The molecule has 1 radical (unpaired) electrons. The molecular weight excluding hydrogens is 355 g/mol. The van der Waals surface area contributed by atoms with Gasteiger partial charge in [-0.05, 0) is 7.05 Å². The van der Waals surface area contributed by atoms with Gasteiger partial charge in [0, 0.05) is 44.0 Å². The van der Waals surface area contributed by atoms with E-state index < -0.39 is 0 Å². The van der Waals surface area contributed by atoms with E-state index in [0.717, 1.165) is 12.8 Å². The van der Waals surface area contributed by atoms with E-state index in [1.54, 1.807) is 0 Å². The van der Waals surface area contributed by atoms with E-state index in [1.165, 1.54) is 0 Å². The van der Waals surface area contributed by atoms with Gasteiger partial charge >= 0.3 is 0 Å². The number of carbonyl (C=O) groups excluding carboxylic acids is 3. The molecule has 0 rings (SSSR count). The molecule has 0 unspecified atom stereocenters. The molecule has 3 N–H and O–H groups in total. The van der Waals surface area contributed by atoms with Crippen LogP contribution in [0, 0.1) is 5.92 Å². The topological polar surface area (TPSA) is 114 Å². The van der Waals surface area contributed by atoms with Crippen LogP contribution in [0.4, 0.5) is 0 Å². The van der Waals surface area contributed by atoms with E-state index in [0.29, 0.717) is 19.6 Å². The molecule has 0 aromatic heterocycles. The third-order valence-corrected chi connectivity index (χ3v) is 2.44. The second kappa shape index (κ2) is 22.2. The molecule has 0 saturated carbocycles. The minimum atomic E-state index is -0.273. The van der Waals surface area contributed by atoms with E-state index in [1.807, 2.05) is 20.9 Å². The number of carbonyl (C=O) groups is 3. The van der Waals surface area contributed by atoms with Gasteiger partial charge < -0.3 is 30.0 Å². The molecule has 0 spiro atoms. The molecule has 0 saturated heterocycles. The number of likely N-dealkylation sites (N-methyl/N-ethyl adjacent to an activating group) is 1. The van der Waals surface area contributed by atoms with E-state index >= 15 is 0 Å². The number of aliphatic hydroxyl groups is 1. The fourth-order valence-corrected chi connectivity index (χ4v) is 1.06. The largest absolute Gasteiger partial charge is 0.394 e. The number of aliphatic hydroxyl groups excluding tert-OH is 1. The number of ketones is 1. The average molecular weight is 385 g/mol. The van der Waals surface area contributed by atoms with E-state index in [4.69, 9.17) is 14.6 Å². The standard InChI is InChI=1S/C8H17NO2.C7H13NO4.V/c1-7(2)8(10)6-11-5-4-9-3;9-3-1-2-8-7(11)6-12-5-4-10;/h7,9H,4-6H2,1-3H3;3,10H,1-2,4-6H2,(H,8,11);. The first-order valence-corrected chi connectivity index (χ1v) is 7.63. The third kappa shape index (κ3) is 23.5. The van der Waals surface area contributed by atoms with Crippen molar-refractivity contribution in [2.75, 3.05) is 53.2 Å². The van der Waals surface area contributed by atoms with Crippen molar-refractivity contribution in [3.05, 3.63) is 0 Å². The number of nitrogens with one attached hydrogen (secondary N) is 2. The molecule has 141 valence electrons. The number of hydrogen-bond donors (Lipinski definition) is 3. The Morgan fingerprint density at radius 2 is 1.75 bits per heavy atom. The van der Waals surface area contributed by atoms with Gasteiger partial charge in [-0.1, -0.05) is 13.8 Å². The van der Waals surface area contributed by atoms with Crippen LogP contribution < -0.4 is 10.6 Å². The zero-order valence-electron chi connectivity index (χ0n) is 14.7. The van der Waals surface area contributed by atoms with Gasteiger partial charge in [0.2, 0.25) is 5.91 Å². The van der Waals surface area contributed by atoms with Crippen molar-refractivity contribution in [2.24, 2.45) is 5.92 Å². The molecule has 0 atom stereocenters. The monoisotopic (exact) mass is 385 g/mol. The van der Waals surface area contributed by atoms with Crippen LogP contribution in [-0.4, -0.2) is 76.3 Å². The average Bonchev–Trinajstić information content (AvgIpc) is 2.52. The van der Waals surface area contributed by atoms with Crippen molar-refractivity contribution < 1.29 is 47.5 Å². The first kappa shape index (κ1) is 28.1. The fraction of sp³-hybridized carbons (Fsp3) is 0.800. The first-order valence-electron chi connectivity index (χ1n) is 7.63. The first-order chi connectivity index (χ1) is 11.0. The van der Waals surface area contributed by atoms with Crippen LogP contribution in [0.25, 0.3) is 0 Å². The van der Waals surface area contributed by atoms with Gasteiger partial charge in [0.15, 0.2) is 5.78 Å². The Labute approximate surface area is 155 Å². The normalized spacial score (nSPS) is 9.54. The van der Waals surface area contributed by atoms with Crippen LogP contribution in [0.15, 0.2) is 0 Å². The zero-order valence-corrected chi connectivity index (χ0v) is 16.1. The smallest absolute Gasteiger partial charge is 0.246 e. The van der Waals surface area contributed by atoms with Crippen molar-refractivity contribution in [3.8, 4) is 0 Å². The van der Waals surface area contributed by atoms with Gasteiger partial charge in [-0.15, -0.1) is 0 Å². The summed E-state index contributed by atoms with van der Waals surface area (Å²) in [6.07, 6.45) is 1.04. The van der Waals surface area contributed by atoms with Crippen molar-refractivity contribution in [1.29, 1.82) is 0 Å². The Morgan fingerprint density at radius 1 is 1.12 bits per heavy atom. The molecule has 9 heteroatoms. The van der Waals surface area contributed by atoms with Crippen LogP contribution in [0.3, 0.4) is 0 Å². The second-order valence-corrected chi connectivity index (χ2v) is 4.86. The van der Waals surface area contributed by atoms with Crippen LogP contribution >= 0.6 is 0 Å². The summed E-state index contributed by atoms with van der Waals surface area (Å²) in [6.45, 7) is 5.74. The maximum Gasteiger partial charge on any atom is 0.246 e. The molecule has 0 aliphatic heterocycles. The van der Waals surface area contributed by atoms with Crippen LogP contribution in [0.5, 0.6) is 0 Å². The van der Waals surface area contributed by atoms with Gasteiger partial charge in [-0.3, -0.25) is 9.59 Å². The zero-order chi connectivity index (χ0) is 17.9. The van der Waals surface area contributed by atoms with Crippen LogP contribution in [-0.2, 0) is 42.4 Å². The Kier molecular flexibility index (Phi) is 26.0. The molecular formula is C15H30N2O6V.